The molecule has 1 aromatic carbocycles. The van der Waals surface area contributed by atoms with Crippen LogP contribution in [0.3, 0.4) is 0 Å². The van der Waals surface area contributed by atoms with E-state index in [2.05, 4.69) is 15.3 Å². The Labute approximate surface area is 140 Å². The number of nitrogens with one attached hydrogen (secondary N) is 1. The van der Waals surface area contributed by atoms with Gasteiger partial charge in [-0.1, -0.05) is 0 Å². The Morgan fingerprint density at radius 2 is 1.84 bits per heavy atom. The van der Waals surface area contributed by atoms with Crippen LogP contribution in [-0.2, 0) is 6.18 Å². The Hall–Kier alpha value is -2.65. The molecule has 1 heterocycles. The highest BCUT2D eigenvalue weighted by atomic mass is 19.4. The van der Waals surface area contributed by atoms with Crippen molar-refractivity contribution in [2.75, 3.05) is 37.5 Å². The van der Waals surface area contributed by atoms with E-state index in [1.54, 1.807) is 14.1 Å². The Morgan fingerprint density at radius 3 is 2.44 bits per heavy atom. The number of rotatable bonds is 6. The van der Waals surface area contributed by atoms with Gasteiger partial charge in [0.25, 0.3) is 0 Å². The molecule has 0 spiro atoms. The van der Waals surface area contributed by atoms with Crippen LogP contribution >= 0.6 is 0 Å². The maximum atomic E-state index is 13.4. The number of nitrogens with zero attached hydrogens (tertiary/aromatic N) is 3. The lowest BCUT2D eigenvalue weighted by molar-refractivity contribution is -0.141. The zero-order valence-corrected chi connectivity index (χ0v) is 13.4. The Bertz CT molecular complexity index is 736. The molecule has 0 aliphatic rings. The molecule has 0 amide bonds. The average molecular weight is 362 g/mol. The predicted molar refractivity (Wildman–Crippen MR) is 81.7 cm³/mol. The minimum Gasteiger partial charge on any atom is -0.489 e. The maximum Gasteiger partial charge on any atom is 0.433 e. The van der Waals surface area contributed by atoms with Crippen molar-refractivity contribution in [1.82, 2.24) is 9.97 Å². The average Bonchev–Trinajstić information content (AvgIpc) is 2.52. The Morgan fingerprint density at radius 1 is 1.12 bits per heavy atom. The fourth-order valence-corrected chi connectivity index (χ4v) is 1.80. The maximum absolute atomic E-state index is 13.4. The van der Waals surface area contributed by atoms with Crippen molar-refractivity contribution in [2.24, 2.45) is 0 Å². The number of ether oxygens (including phenoxy) is 1. The first-order chi connectivity index (χ1) is 11.7. The molecule has 0 aliphatic heterocycles. The highest BCUT2D eigenvalue weighted by Crippen LogP contribution is 2.30. The summed E-state index contributed by atoms with van der Waals surface area (Å²) < 4.78 is 69.8. The summed E-state index contributed by atoms with van der Waals surface area (Å²) in [7, 11) is 3.10. The minimum absolute atomic E-state index is 0.0188. The van der Waals surface area contributed by atoms with Gasteiger partial charge in [-0.15, -0.1) is 0 Å². The molecule has 0 saturated heterocycles. The van der Waals surface area contributed by atoms with Gasteiger partial charge in [0.05, 0.1) is 6.54 Å². The highest BCUT2D eigenvalue weighted by Gasteiger charge is 2.34. The van der Waals surface area contributed by atoms with E-state index >= 15 is 0 Å². The van der Waals surface area contributed by atoms with Crippen molar-refractivity contribution in [3.05, 3.63) is 41.6 Å². The fraction of sp³-hybridized carbons (Fsp3) is 0.333. The molecule has 0 unspecified atom stereocenters. The lowest BCUT2D eigenvalue weighted by Crippen LogP contribution is -2.19. The quantitative estimate of drug-likeness (QED) is 0.631. The van der Waals surface area contributed by atoms with Crippen LogP contribution in [0.15, 0.2) is 24.3 Å². The summed E-state index contributed by atoms with van der Waals surface area (Å²) in [5.41, 5.74) is -1.08. The summed E-state index contributed by atoms with van der Waals surface area (Å²) in [6.07, 6.45) is -4.61. The molecule has 2 aromatic rings. The molecule has 10 heteroatoms. The summed E-state index contributed by atoms with van der Waals surface area (Å²) in [5.74, 6) is -1.93. The van der Waals surface area contributed by atoms with E-state index < -0.39 is 23.5 Å². The number of benzene rings is 1. The third-order valence-electron chi connectivity index (χ3n) is 3.00. The van der Waals surface area contributed by atoms with Crippen molar-refractivity contribution < 1.29 is 26.7 Å². The summed E-state index contributed by atoms with van der Waals surface area (Å²) in [5, 5.41) is 2.58. The highest BCUT2D eigenvalue weighted by molar-refractivity contribution is 5.44. The van der Waals surface area contributed by atoms with E-state index in [1.165, 1.54) is 4.90 Å². The summed E-state index contributed by atoms with van der Waals surface area (Å²) in [4.78, 5) is 8.76. The molecular weight excluding hydrogens is 347 g/mol. The van der Waals surface area contributed by atoms with E-state index in [1.807, 2.05) is 0 Å². The number of hydrogen-bond donors (Lipinski definition) is 1. The van der Waals surface area contributed by atoms with Crippen LogP contribution in [0.25, 0.3) is 0 Å². The van der Waals surface area contributed by atoms with Gasteiger partial charge < -0.3 is 15.0 Å². The molecule has 0 bridgehead atoms. The van der Waals surface area contributed by atoms with Crippen LogP contribution in [0, 0.1) is 11.6 Å². The van der Waals surface area contributed by atoms with Crippen LogP contribution in [-0.4, -0.2) is 37.2 Å². The molecule has 0 radical (unpaired) electrons. The van der Waals surface area contributed by atoms with Crippen molar-refractivity contribution in [3.8, 4) is 5.75 Å². The van der Waals surface area contributed by atoms with Crippen molar-refractivity contribution >= 4 is 11.8 Å². The molecule has 1 aromatic heterocycles. The standard InChI is InChI=1S/C15H15F5N4O/c1-24(2)13-8-12(15(18,19)20)22-14(23-13)21-5-6-25-11-4-3-9(16)7-10(11)17/h3-4,7-8H,5-6H2,1-2H3,(H,21,22,23). The van der Waals surface area contributed by atoms with Gasteiger partial charge in [-0.3, -0.25) is 0 Å². The molecule has 0 aliphatic carbocycles. The SMILES string of the molecule is CN(C)c1cc(C(F)(F)F)nc(NCCOc2ccc(F)cc2F)n1. The van der Waals surface area contributed by atoms with Gasteiger partial charge in [-0.05, 0) is 12.1 Å². The first kappa shape index (κ1) is 18.7. The van der Waals surface area contributed by atoms with Gasteiger partial charge in [-0.25, -0.2) is 13.8 Å². The van der Waals surface area contributed by atoms with Crippen LogP contribution < -0.4 is 15.0 Å². The van der Waals surface area contributed by atoms with Crippen LogP contribution in [0.2, 0.25) is 0 Å². The minimum atomic E-state index is -4.61. The predicted octanol–water partition coefficient (Wildman–Crippen LogP) is 3.33. The zero-order chi connectivity index (χ0) is 18.6. The molecule has 1 N–H and O–H groups in total. The van der Waals surface area contributed by atoms with Gasteiger partial charge in [0.15, 0.2) is 17.3 Å². The first-order valence-electron chi connectivity index (χ1n) is 7.12. The molecule has 25 heavy (non-hydrogen) atoms. The second kappa shape index (κ2) is 7.49. The summed E-state index contributed by atoms with van der Waals surface area (Å²) in [6.45, 7) is -0.0650. The lowest BCUT2D eigenvalue weighted by atomic mass is 10.3. The molecule has 2 rings (SSSR count). The number of aromatic nitrogens is 2. The number of hydrogen-bond acceptors (Lipinski definition) is 5. The van der Waals surface area contributed by atoms with Gasteiger partial charge in [-0.2, -0.15) is 18.2 Å². The topological polar surface area (TPSA) is 50.3 Å². The van der Waals surface area contributed by atoms with Gasteiger partial charge in [0.2, 0.25) is 5.95 Å². The monoisotopic (exact) mass is 362 g/mol. The van der Waals surface area contributed by atoms with Gasteiger partial charge in [0, 0.05) is 26.2 Å². The molecule has 5 nitrogen and oxygen atoms in total. The molecule has 0 fully saturated rings. The molecule has 0 atom stereocenters. The van der Waals surface area contributed by atoms with Gasteiger partial charge >= 0.3 is 6.18 Å². The van der Waals surface area contributed by atoms with E-state index in [0.717, 1.165) is 18.2 Å². The smallest absolute Gasteiger partial charge is 0.433 e. The van der Waals surface area contributed by atoms with E-state index in [0.29, 0.717) is 6.07 Å². The number of halogens is 5. The van der Waals surface area contributed by atoms with E-state index in [-0.39, 0.29) is 30.7 Å². The third-order valence-corrected chi connectivity index (χ3v) is 3.00. The third kappa shape index (κ3) is 5.16. The second-order valence-electron chi connectivity index (χ2n) is 5.18. The number of alkyl halides is 3. The van der Waals surface area contributed by atoms with Crippen molar-refractivity contribution in [2.45, 2.75) is 6.18 Å². The molecule has 136 valence electrons. The van der Waals surface area contributed by atoms with Crippen molar-refractivity contribution in [1.29, 1.82) is 0 Å². The van der Waals surface area contributed by atoms with E-state index in [4.69, 9.17) is 4.74 Å². The largest absolute Gasteiger partial charge is 0.489 e. The zero-order valence-electron chi connectivity index (χ0n) is 13.4. The lowest BCUT2D eigenvalue weighted by Gasteiger charge is -2.16. The van der Waals surface area contributed by atoms with Crippen LogP contribution in [0.4, 0.5) is 33.7 Å². The summed E-state index contributed by atoms with van der Waals surface area (Å²) >= 11 is 0. The van der Waals surface area contributed by atoms with Gasteiger partial charge in [0.1, 0.15) is 18.2 Å². The van der Waals surface area contributed by atoms with Crippen molar-refractivity contribution in [3.63, 3.8) is 0 Å². The normalized spacial score (nSPS) is 11.3. The van der Waals surface area contributed by atoms with Crippen LogP contribution in [0.5, 0.6) is 5.75 Å². The summed E-state index contributed by atoms with van der Waals surface area (Å²) in [6, 6.07) is 3.65. The molecular formula is C15H15F5N4O. The Balaban J connectivity index is 2.01. The Kier molecular flexibility index (Phi) is 5.60. The fourth-order valence-electron chi connectivity index (χ4n) is 1.80. The second-order valence-corrected chi connectivity index (χ2v) is 5.18. The molecule has 0 saturated carbocycles. The van der Waals surface area contributed by atoms with E-state index in [9.17, 15) is 22.0 Å². The first-order valence-corrected chi connectivity index (χ1v) is 7.12. The van der Waals surface area contributed by atoms with Crippen LogP contribution in [0.1, 0.15) is 5.69 Å². The number of anilines is 2.